The molecular weight excluding hydrogens is 276 g/mol. The number of nitrogens with zero attached hydrogens (tertiary/aromatic N) is 4. The van der Waals surface area contributed by atoms with E-state index >= 15 is 0 Å². The molecule has 0 aliphatic rings. The van der Waals surface area contributed by atoms with Gasteiger partial charge in [-0.05, 0) is 25.5 Å². The molecule has 6 nitrogen and oxygen atoms in total. The number of aryl methyl sites for hydroxylation is 2. The molecule has 2 heterocycles. The van der Waals surface area contributed by atoms with Gasteiger partial charge in [0.05, 0.1) is 6.20 Å². The van der Waals surface area contributed by atoms with Crippen LogP contribution >= 0.6 is 0 Å². The normalized spacial score (nSPS) is 11.0. The molecule has 6 heteroatoms. The van der Waals surface area contributed by atoms with Gasteiger partial charge >= 0.3 is 0 Å². The lowest BCUT2D eigenvalue weighted by molar-refractivity contribution is 0.655. The van der Waals surface area contributed by atoms with Crippen molar-refractivity contribution in [1.82, 2.24) is 30.3 Å². The smallest absolute Gasteiger partial charge is 0.181 e. The van der Waals surface area contributed by atoms with Gasteiger partial charge in [0, 0.05) is 37.0 Å². The number of nitrogens with one attached hydrogen (secondary N) is 2. The molecule has 0 radical (unpaired) electrons. The van der Waals surface area contributed by atoms with Crippen LogP contribution in [0.5, 0.6) is 0 Å². The molecule has 114 valence electrons. The molecule has 0 spiro atoms. The second kappa shape index (κ2) is 6.53. The van der Waals surface area contributed by atoms with E-state index in [1.807, 2.05) is 29.9 Å². The van der Waals surface area contributed by atoms with Crippen molar-refractivity contribution < 1.29 is 0 Å². The Kier molecular flexibility index (Phi) is 4.29. The van der Waals surface area contributed by atoms with Gasteiger partial charge in [-0.25, -0.2) is 4.98 Å². The Labute approximate surface area is 129 Å². The fourth-order valence-electron chi connectivity index (χ4n) is 2.31. The Morgan fingerprint density at radius 2 is 2.09 bits per heavy atom. The summed E-state index contributed by atoms with van der Waals surface area (Å²) >= 11 is 0. The van der Waals surface area contributed by atoms with Gasteiger partial charge in [0.2, 0.25) is 0 Å². The highest BCUT2D eigenvalue weighted by Gasteiger charge is 2.04. The Bertz CT molecular complexity index is 742. The van der Waals surface area contributed by atoms with Crippen LogP contribution in [0.2, 0.25) is 0 Å². The highest BCUT2D eigenvalue weighted by Crippen LogP contribution is 2.16. The summed E-state index contributed by atoms with van der Waals surface area (Å²) in [5, 5.41) is 14.8. The molecule has 0 bridgehead atoms. The predicted molar refractivity (Wildman–Crippen MR) is 85.0 cm³/mol. The molecule has 0 aliphatic heterocycles. The maximum atomic E-state index is 4.36. The quantitative estimate of drug-likeness (QED) is 0.732. The number of benzene rings is 1. The zero-order valence-corrected chi connectivity index (χ0v) is 12.9. The first-order valence-corrected chi connectivity index (χ1v) is 7.45. The Hall–Kier alpha value is -2.47. The zero-order chi connectivity index (χ0) is 15.4. The summed E-state index contributed by atoms with van der Waals surface area (Å²) in [7, 11) is 0. The van der Waals surface area contributed by atoms with Gasteiger partial charge in [0.1, 0.15) is 5.82 Å². The first kappa shape index (κ1) is 14.5. The molecule has 22 heavy (non-hydrogen) atoms. The summed E-state index contributed by atoms with van der Waals surface area (Å²) in [4.78, 5) is 4.36. The van der Waals surface area contributed by atoms with Crippen molar-refractivity contribution in [1.29, 1.82) is 0 Å². The average Bonchev–Trinajstić information content (AvgIpc) is 3.16. The molecule has 0 saturated carbocycles. The summed E-state index contributed by atoms with van der Waals surface area (Å²) in [6, 6.07) is 8.28. The number of rotatable bonds is 6. The van der Waals surface area contributed by atoms with Crippen LogP contribution in [0.3, 0.4) is 0 Å². The highest BCUT2D eigenvalue weighted by molar-refractivity contribution is 5.55. The van der Waals surface area contributed by atoms with Crippen LogP contribution in [0, 0.1) is 6.92 Å². The second-order valence-electron chi connectivity index (χ2n) is 5.25. The van der Waals surface area contributed by atoms with E-state index < -0.39 is 0 Å². The summed E-state index contributed by atoms with van der Waals surface area (Å²) in [5.41, 5.74) is 3.44. The van der Waals surface area contributed by atoms with E-state index in [1.54, 1.807) is 0 Å². The first-order valence-electron chi connectivity index (χ1n) is 7.45. The van der Waals surface area contributed by atoms with E-state index in [9.17, 15) is 0 Å². The van der Waals surface area contributed by atoms with Crippen LogP contribution in [0.15, 0.2) is 36.7 Å². The molecule has 0 fully saturated rings. The van der Waals surface area contributed by atoms with Crippen LogP contribution in [0.25, 0.3) is 11.4 Å². The third-order valence-electron chi connectivity index (χ3n) is 3.45. The topological polar surface area (TPSA) is 71.4 Å². The van der Waals surface area contributed by atoms with Crippen molar-refractivity contribution in [2.24, 2.45) is 0 Å². The van der Waals surface area contributed by atoms with Crippen molar-refractivity contribution in [3.63, 3.8) is 0 Å². The van der Waals surface area contributed by atoms with Crippen molar-refractivity contribution in [2.75, 3.05) is 0 Å². The summed E-state index contributed by atoms with van der Waals surface area (Å²) in [6.07, 6.45) is 3.98. The number of hydrogen-bond donors (Lipinski definition) is 2. The van der Waals surface area contributed by atoms with Gasteiger partial charge < -0.3 is 5.32 Å². The van der Waals surface area contributed by atoms with Gasteiger partial charge in [-0.15, -0.1) is 0 Å². The lowest BCUT2D eigenvalue weighted by atomic mass is 10.1. The van der Waals surface area contributed by atoms with E-state index in [1.165, 1.54) is 11.1 Å². The van der Waals surface area contributed by atoms with Crippen LogP contribution in [0.4, 0.5) is 0 Å². The van der Waals surface area contributed by atoms with E-state index in [-0.39, 0.29) is 0 Å². The molecule has 0 aliphatic carbocycles. The molecule has 2 N–H and O–H groups in total. The third kappa shape index (κ3) is 3.40. The largest absolute Gasteiger partial charge is 0.309 e. The van der Waals surface area contributed by atoms with E-state index in [2.05, 4.69) is 50.9 Å². The van der Waals surface area contributed by atoms with Gasteiger partial charge in [-0.2, -0.15) is 10.2 Å². The summed E-state index contributed by atoms with van der Waals surface area (Å²) < 4.78 is 1.93. The van der Waals surface area contributed by atoms with Crippen LogP contribution in [-0.2, 0) is 19.6 Å². The molecule has 0 unspecified atom stereocenters. The predicted octanol–water partition coefficient (Wildman–Crippen LogP) is 2.29. The Balaban J connectivity index is 1.61. The second-order valence-corrected chi connectivity index (χ2v) is 5.25. The minimum absolute atomic E-state index is 0.739. The lowest BCUT2D eigenvalue weighted by Crippen LogP contribution is -2.12. The lowest BCUT2D eigenvalue weighted by Gasteiger charge is -2.05. The van der Waals surface area contributed by atoms with Crippen LogP contribution < -0.4 is 5.32 Å². The monoisotopic (exact) mass is 296 g/mol. The van der Waals surface area contributed by atoms with E-state index in [0.29, 0.717) is 0 Å². The molecule has 0 amide bonds. The Morgan fingerprint density at radius 1 is 1.23 bits per heavy atom. The van der Waals surface area contributed by atoms with Crippen molar-refractivity contribution >= 4 is 0 Å². The van der Waals surface area contributed by atoms with Crippen LogP contribution in [0.1, 0.15) is 23.9 Å². The standard InChI is InChI=1S/C16H20N6/c1-3-22-11-14(10-18-22)9-17-8-13-5-4-6-15(7-13)16-19-12(2)20-21-16/h4-7,10-11,17H,3,8-9H2,1-2H3,(H,19,20,21). The SMILES string of the molecule is CCn1cc(CNCc2cccc(-c3n[nH]c(C)n3)c2)cn1. The fraction of sp³-hybridized carbons (Fsp3) is 0.312. The number of aromatic amines is 1. The molecule has 0 atom stereocenters. The molecule has 3 rings (SSSR count). The molecular formula is C16H20N6. The maximum Gasteiger partial charge on any atom is 0.181 e. The van der Waals surface area contributed by atoms with Crippen molar-refractivity contribution in [3.8, 4) is 11.4 Å². The molecule has 3 aromatic rings. The minimum atomic E-state index is 0.739. The third-order valence-corrected chi connectivity index (χ3v) is 3.45. The van der Waals surface area contributed by atoms with Gasteiger partial charge in [-0.1, -0.05) is 18.2 Å². The van der Waals surface area contributed by atoms with Gasteiger partial charge in [0.25, 0.3) is 0 Å². The maximum absolute atomic E-state index is 4.36. The van der Waals surface area contributed by atoms with Gasteiger partial charge in [0.15, 0.2) is 5.82 Å². The van der Waals surface area contributed by atoms with E-state index in [4.69, 9.17) is 0 Å². The van der Waals surface area contributed by atoms with Gasteiger partial charge in [-0.3, -0.25) is 9.78 Å². The molecule has 0 saturated heterocycles. The Morgan fingerprint density at radius 3 is 2.82 bits per heavy atom. The number of aromatic nitrogens is 5. The highest BCUT2D eigenvalue weighted by atomic mass is 15.3. The minimum Gasteiger partial charge on any atom is -0.309 e. The van der Waals surface area contributed by atoms with Crippen molar-refractivity contribution in [2.45, 2.75) is 33.5 Å². The zero-order valence-electron chi connectivity index (χ0n) is 12.9. The summed E-state index contributed by atoms with van der Waals surface area (Å²) in [5.74, 6) is 1.56. The van der Waals surface area contributed by atoms with E-state index in [0.717, 1.165) is 36.8 Å². The molecule has 2 aromatic heterocycles. The number of H-pyrrole nitrogens is 1. The average molecular weight is 296 g/mol. The first-order chi connectivity index (χ1) is 10.7. The number of hydrogen-bond acceptors (Lipinski definition) is 4. The van der Waals surface area contributed by atoms with Crippen molar-refractivity contribution in [3.05, 3.63) is 53.6 Å². The summed E-state index contributed by atoms with van der Waals surface area (Å²) in [6.45, 7) is 6.50. The van der Waals surface area contributed by atoms with Crippen LogP contribution in [-0.4, -0.2) is 25.0 Å². The molecule has 1 aromatic carbocycles. The fourth-order valence-corrected chi connectivity index (χ4v) is 2.31.